The maximum atomic E-state index is 13.3. The number of ether oxygens (including phenoxy) is 1. The van der Waals surface area contributed by atoms with Gasteiger partial charge >= 0.3 is 11.8 Å². The SMILES string of the molecule is [C-]#[N+]c1c(C(=O)OC2C(C)CC(C)CC2C)c2nc(-c3ccc(C(C)(C)C)cc3)[nH]n2[n+]1C. The maximum Gasteiger partial charge on any atom is 0.462 e. The molecule has 0 bridgehead atoms. The molecule has 0 radical (unpaired) electrons. The van der Waals surface area contributed by atoms with Gasteiger partial charge < -0.3 is 4.74 Å². The molecule has 3 aromatic rings. The zero-order valence-corrected chi connectivity index (χ0v) is 20.6. The molecular weight excluding hydrogens is 414 g/mol. The van der Waals surface area contributed by atoms with Crippen molar-refractivity contribution in [3.05, 3.63) is 46.8 Å². The van der Waals surface area contributed by atoms with E-state index < -0.39 is 5.97 Å². The van der Waals surface area contributed by atoms with Crippen molar-refractivity contribution in [1.82, 2.24) is 14.7 Å². The van der Waals surface area contributed by atoms with Crippen molar-refractivity contribution >= 4 is 17.4 Å². The second-order valence-electron chi connectivity index (χ2n) is 10.8. The average Bonchev–Trinajstić information content (AvgIpc) is 3.28. The van der Waals surface area contributed by atoms with Crippen LogP contribution in [0.5, 0.6) is 0 Å². The van der Waals surface area contributed by atoms with Crippen LogP contribution in [0.3, 0.4) is 0 Å². The Kier molecular flexibility index (Phi) is 5.81. The smallest absolute Gasteiger partial charge is 0.459 e. The molecule has 1 saturated carbocycles. The van der Waals surface area contributed by atoms with Crippen LogP contribution in [0.4, 0.5) is 5.82 Å². The first-order valence-corrected chi connectivity index (χ1v) is 11.7. The molecule has 7 heteroatoms. The molecule has 33 heavy (non-hydrogen) atoms. The molecule has 2 heterocycles. The number of nitrogens with zero attached hydrogens (tertiary/aromatic N) is 4. The van der Waals surface area contributed by atoms with Crippen LogP contribution in [0.25, 0.3) is 21.9 Å². The van der Waals surface area contributed by atoms with E-state index in [9.17, 15) is 4.79 Å². The van der Waals surface area contributed by atoms with Gasteiger partial charge in [0.15, 0.2) is 18.4 Å². The van der Waals surface area contributed by atoms with Gasteiger partial charge in [-0.05, 0) is 46.2 Å². The van der Waals surface area contributed by atoms with Crippen LogP contribution in [-0.2, 0) is 17.2 Å². The molecule has 2 aromatic heterocycles. The Balaban J connectivity index is 1.70. The lowest BCUT2D eigenvalue weighted by molar-refractivity contribution is -0.728. The molecule has 0 aliphatic heterocycles. The van der Waals surface area contributed by atoms with Gasteiger partial charge in [0.2, 0.25) is 5.65 Å². The minimum absolute atomic E-state index is 0.0633. The van der Waals surface area contributed by atoms with Gasteiger partial charge in [-0.15, -0.1) is 0 Å². The molecule has 1 fully saturated rings. The molecule has 2 atom stereocenters. The van der Waals surface area contributed by atoms with Crippen molar-refractivity contribution in [2.45, 2.75) is 65.9 Å². The van der Waals surface area contributed by atoms with Gasteiger partial charge in [0.1, 0.15) is 12.7 Å². The standard InChI is InChI=1S/C26H33N5O2/c1-15-13-16(2)21(17(3)14-15)33-25(32)20-23(27-7)30(8)31-24(20)28-22(29-31)18-9-11-19(12-10-18)26(4,5)6/h9-12,15-17,21H,13-14H2,1-6,8H3/p+1. The molecular formula is C26H34N5O2+. The highest BCUT2D eigenvalue weighted by Gasteiger charge is 2.38. The fourth-order valence-electron chi connectivity index (χ4n) is 5.24. The maximum absolute atomic E-state index is 13.3. The van der Waals surface area contributed by atoms with Gasteiger partial charge in [0.25, 0.3) is 0 Å². The van der Waals surface area contributed by atoms with E-state index in [4.69, 9.17) is 16.3 Å². The Bertz CT molecular complexity index is 1210. The minimum atomic E-state index is -0.474. The molecule has 1 aliphatic carbocycles. The summed E-state index contributed by atoms with van der Waals surface area (Å²) >= 11 is 0. The Morgan fingerprint density at radius 2 is 1.79 bits per heavy atom. The van der Waals surface area contributed by atoms with Crippen LogP contribution >= 0.6 is 0 Å². The lowest BCUT2D eigenvalue weighted by Crippen LogP contribution is -2.37. The number of aromatic nitrogens is 4. The van der Waals surface area contributed by atoms with E-state index in [1.54, 1.807) is 16.4 Å². The zero-order valence-electron chi connectivity index (χ0n) is 20.6. The number of hydrogen-bond acceptors (Lipinski definition) is 3. The molecule has 0 amide bonds. The predicted molar refractivity (Wildman–Crippen MR) is 127 cm³/mol. The van der Waals surface area contributed by atoms with Gasteiger partial charge in [-0.3, -0.25) is 0 Å². The second kappa shape index (κ2) is 8.33. The van der Waals surface area contributed by atoms with Crippen LogP contribution in [0.1, 0.15) is 70.3 Å². The topological polar surface area (TPSA) is 67.6 Å². The summed E-state index contributed by atoms with van der Waals surface area (Å²) in [5.74, 6) is 1.58. The molecule has 0 spiro atoms. The monoisotopic (exact) mass is 448 g/mol. The van der Waals surface area contributed by atoms with E-state index in [2.05, 4.69) is 63.6 Å². The Morgan fingerprint density at radius 1 is 1.18 bits per heavy atom. The van der Waals surface area contributed by atoms with E-state index in [0.29, 0.717) is 17.4 Å². The third-order valence-electron chi connectivity index (χ3n) is 6.93. The molecule has 1 aliphatic rings. The van der Waals surface area contributed by atoms with E-state index in [-0.39, 0.29) is 34.7 Å². The molecule has 1 N–H and O–H groups in total. The number of aryl methyl sites for hydroxylation is 1. The lowest BCUT2D eigenvalue weighted by Gasteiger charge is -2.37. The fourth-order valence-corrected chi connectivity index (χ4v) is 5.24. The molecule has 1 aromatic carbocycles. The number of hydrogen-bond donors (Lipinski definition) is 1. The fraction of sp³-hybridized carbons (Fsp3) is 0.538. The van der Waals surface area contributed by atoms with Crippen LogP contribution in [0.15, 0.2) is 24.3 Å². The van der Waals surface area contributed by atoms with Gasteiger partial charge in [-0.2, -0.15) is 4.85 Å². The summed E-state index contributed by atoms with van der Waals surface area (Å²) in [7, 11) is 1.75. The zero-order chi connectivity index (χ0) is 24.1. The van der Waals surface area contributed by atoms with Gasteiger partial charge in [-0.1, -0.05) is 70.5 Å². The summed E-state index contributed by atoms with van der Waals surface area (Å²) in [6.07, 6.45) is 1.91. The lowest BCUT2D eigenvalue weighted by atomic mass is 9.75. The quantitative estimate of drug-likeness (QED) is 0.339. The van der Waals surface area contributed by atoms with Crippen LogP contribution < -0.4 is 4.68 Å². The first-order chi connectivity index (χ1) is 15.5. The first kappa shape index (κ1) is 23.0. The second-order valence-corrected chi connectivity index (χ2v) is 10.8. The molecule has 2 unspecified atom stereocenters. The number of esters is 1. The van der Waals surface area contributed by atoms with Crippen molar-refractivity contribution in [1.29, 1.82) is 0 Å². The van der Waals surface area contributed by atoms with E-state index in [1.165, 1.54) is 5.56 Å². The highest BCUT2D eigenvalue weighted by molar-refractivity contribution is 6.00. The third-order valence-corrected chi connectivity index (χ3v) is 6.93. The summed E-state index contributed by atoms with van der Waals surface area (Å²) in [6.45, 7) is 20.7. The van der Waals surface area contributed by atoms with Crippen LogP contribution in [0, 0.1) is 24.3 Å². The number of H-pyrrole nitrogens is 1. The summed E-state index contributed by atoms with van der Waals surface area (Å²) in [4.78, 5) is 21.7. The van der Waals surface area contributed by atoms with Gasteiger partial charge in [0.05, 0.1) is 0 Å². The van der Waals surface area contributed by atoms with Crippen molar-refractivity contribution in [2.24, 2.45) is 24.8 Å². The molecule has 4 rings (SSSR count). The number of fused-ring (bicyclic) bond motifs is 1. The number of nitrogens with one attached hydrogen (secondary N) is 1. The third kappa shape index (κ3) is 4.15. The number of benzene rings is 1. The van der Waals surface area contributed by atoms with Crippen molar-refractivity contribution in [3.63, 3.8) is 0 Å². The Labute approximate surface area is 195 Å². The van der Waals surface area contributed by atoms with Crippen LogP contribution in [-0.4, -0.2) is 26.8 Å². The normalized spacial score (nSPS) is 23.5. The number of carbonyl (C=O) groups excluding carboxylic acids is 1. The number of rotatable bonds is 3. The first-order valence-electron chi connectivity index (χ1n) is 11.7. The van der Waals surface area contributed by atoms with Gasteiger partial charge in [0, 0.05) is 5.56 Å². The van der Waals surface area contributed by atoms with Gasteiger partial charge in [-0.25, -0.2) is 14.9 Å². The van der Waals surface area contributed by atoms with E-state index in [1.807, 2.05) is 12.1 Å². The summed E-state index contributed by atoms with van der Waals surface area (Å²) in [5, 5.41) is 3.23. The summed E-state index contributed by atoms with van der Waals surface area (Å²) in [6, 6.07) is 8.25. The number of aromatic amines is 1. The summed E-state index contributed by atoms with van der Waals surface area (Å²) in [5.41, 5.74) is 2.85. The van der Waals surface area contributed by atoms with Crippen molar-refractivity contribution < 1.29 is 14.2 Å². The predicted octanol–water partition coefficient (Wildman–Crippen LogP) is 5.23. The largest absolute Gasteiger partial charge is 0.462 e. The Hall–Kier alpha value is -3.14. The average molecular weight is 449 g/mol. The highest BCUT2D eigenvalue weighted by atomic mass is 16.5. The van der Waals surface area contributed by atoms with Crippen LogP contribution in [0.2, 0.25) is 0 Å². The molecule has 0 saturated heterocycles. The number of carbonyl (C=O) groups is 1. The molecule has 174 valence electrons. The van der Waals surface area contributed by atoms with Crippen molar-refractivity contribution in [2.75, 3.05) is 0 Å². The highest BCUT2D eigenvalue weighted by Crippen LogP contribution is 2.36. The summed E-state index contributed by atoms with van der Waals surface area (Å²) < 4.78 is 9.28. The van der Waals surface area contributed by atoms with E-state index in [0.717, 1.165) is 18.4 Å². The minimum Gasteiger partial charge on any atom is -0.459 e. The van der Waals surface area contributed by atoms with E-state index >= 15 is 0 Å². The Morgan fingerprint density at radius 3 is 2.33 bits per heavy atom. The van der Waals surface area contributed by atoms with Crippen molar-refractivity contribution in [3.8, 4) is 11.4 Å². The molecule has 7 nitrogen and oxygen atoms in total.